The van der Waals surface area contributed by atoms with E-state index in [2.05, 4.69) is 15.4 Å². The van der Waals surface area contributed by atoms with Crippen LogP contribution in [0.5, 0.6) is 0 Å². The molecule has 0 bridgehead atoms. The van der Waals surface area contributed by atoms with Crippen molar-refractivity contribution in [2.45, 2.75) is 27.2 Å². The lowest BCUT2D eigenvalue weighted by molar-refractivity contribution is 0.0944. The second-order valence-electron chi connectivity index (χ2n) is 6.14. The van der Waals surface area contributed by atoms with E-state index in [1.54, 1.807) is 23.9 Å². The SMILES string of the molecule is Cc1cc(C(=O)NCCc2c(C)[nH]c3c(F)ccc(C)c23)n(C)n1. The molecule has 24 heavy (non-hydrogen) atoms. The summed E-state index contributed by atoms with van der Waals surface area (Å²) in [5, 5.41) is 8.00. The van der Waals surface area contributed by atoms with Crippen LogP contribution in [0.3, 0.4) is 0 Å². The molecule has 0 saturated heterocycles. The average Bonchev–Trinajstić information content (AvgIpc) is 3.03. The first-order valence-electron chi connectivity index (χ1n) is 7.93. The molecule has 6 heteroatoms. The molecular weight excluding hydrogens is 307 g/mol. The van der Waals surface area contributed by atoms with E-state index in [1.807, 2.05) is 20.8 Å². The zero-order chi connectivity index (χ0) is 17.4. The first-order valence-corrected chi connectivity index (χ1v) is 7.93. The van der Waals surface area contributed by atoms with Crippen molar-refractivity contribution in [1.29, 1.82) is 0 Å². The first-order chi connectivity index (χ1) is 11.4. The number of carbonyl (C=O) groups is 1. The van der Waals surface area contributed by atoms with Gasteiger partial charge in [-0.05, 0) is 50.5 Å². The van der Waals surface area contributed by atoms with Gasteiger partial charge in [0.15, 0.2) is 0 Å². The van der Waals surface area contributed by atoms with E-state index >= 15 is 0 Å². The Morgan fingerprint density at radius 1 is 1.33 bits per heavy atom. The normalized spacial score (nSPS) is 11.2. The molecule has 1 amide bonds. The molecular formula is C18H21FN4O. The predicted molar refractivity (Wildman–Crippen MR) is 91.7 cm³/mol. The third kappa shape index (κ3) is 2.79. The van der Waals surface area contributed by atoms with Crippen LogP contribution in [-0.4, -0.2) is 27.2 Å². The molecule has 5 nitrogen and oxygen atoms in total. The van der Waals surface area contributed by atoms with Crippen molar-refractivity contribution in [2.75, 3.05) is 6.54 Å². The molecule has 0 aliphatic heterocycles. The molecule has 0 atom stereocenters. The molecule has 126 valence electrons. The summed E-state index contributed by atoms with van der Waals surface area (Å²) in [5.74, 6) is -0.405. The van der Waals surface area contributed by atoms with Crippen LogP contribution >= 0.6 is 0 Å². The van der Waals surface area contributed by atoms with Crippen LogP contribution in [-0.2, 0) is 13.5 Å². The number of halogens is 1. The molecule has 2 aromatic heterocycles. The lowest BCUT2D eigenvalue weighted by atomic mass is 10.0. The number of aromatic amines is 1. The highest BCUT2D eigenvalue weighted by atomic mass is 19.1. The summed E-state index contributed by atoms with van der Waals surface area (Å²) in [7, 11) is 1.75. The van der Waals surface area contributed by atoms with E-state index in [4.69, 9.17) is 0 Å². The van der Waals surface area contributed by atoms with Gasteiger partial charge in [0.25, 0.3) is 5.91 Å². The molecule has 3 aromatic rings. The maximum Gasteiger partial charge on any atom is 0.269 e. The second-order valence-corrected chi connectivity index (χ2v) is 6.14. The van der Waals surface area contributed by atoms with Crippen LogP contribution in [0.25, 0.3) is 10.9 Å². The number of nitrogens with one attached hydrogen (secondary N) is 2. The highest BCUT2D eigenvalue weighted by Gasteiger charge is 2.15. The Kier molecular flexibility index (Phi) is 4.13. The maximum atomic E-state index is 14.0. The third-order valence-corrected chi connectivity index (χ3v) is 4.32. The number of H-pyrrole nitrogens is 1. The lowest BCUT2D eigenvalue weighted by Gasteiger charge is -2.07. The fourth-order valence-corrected chi connectivity index (χ4v) is 3.17. The van der Waals surface area contributed by atoms with E-state index in [1.165, 1.54) is 6.07 Å². The minimum absolute atomic E-state index is 0.154. The van der Waals surface area contributed by atoms with Crippen molar-refractivity contribution in [3.8, 4) is 0 Å². The Hall–Kier alpha value is -2.63. The van der Waals surface area contributed by atoms with Gasteiger partial charge in [0.1, 0.15) is 11.5 Å². The standard InChI is InChI=1S/C18H21FN4O/c1-10-5-6-14(19)17-16(10)13(12(3)21-17)7-8-20-18(24)15-9-11(2)22-23(15)4/h5-6,9,21H,7-8H2,1-4H3,(H,20,24). The number of rotatable bonds is 4. The fraction of sp³-hybridized carbons (Fsp3) is 0.333. The number of hydrogen-bond acceptors (Lipinski definition) is 2. The summed E-state index contributed by atoms with van der Waals surface area (Å²) >= 11 is 0. The largest absolute Gasteiger partial charge is 0.356 e. The van der Waals surface area contributed by atoms with Gasteiger partial charge < -0.3 is 10.3 Å². The number of nitrogens with zero attached hydrogens (tertiary/aromatic N) is 2. The van der Waals surface area contributed by atoms with E-state index in [0.717, 1.165) is 27.9 Å². The van der Waals surface area contributed by atoms with Crippen LogP contribution in [0.4, 0.5) is 4.39 Å². The van der Waals surface area contributed by atoms with Crippen LogP contribution < -0.4 is 5.32 Å². The summed E-state index contributed by atoms with van der Waals surface area (Å²) in [6.45, 7) is 6.23. The highest BCUT2D eigenvalue weighted by Crippen LogP contribution is 2.27. The van der Waals surface area contributed by atoms with Gasteiger partial charge in [0.05, 0.1) is 11.2 Å². The van der Waals surface area contributed by atoms with E-state index < -0.39 is 0 Å². The Bertz CT molecular complexity index is 923. The molecule has 0 unspecified atom stereocenters. The minimum Gasteiger partial charge on any atom is -0.356 e. The Morgan fingerprint density at radius 3 is 2.75 bits per heavy atom. The van der Waals surface area contributed by atoms with Gasteiger partial charge >= 0.3 is 0 Å². The molecule has 0 aliphatic carbocycles. The summed E-state index contributed by atoms with van der Waals surface area (Å²) < 4.78 is 15.5. The number of amides is 1. The van der Waals surface area contributed by atoms with Gasteiger partial charge in [0.2, 0.25) is 0 Å². The van der Waals surface area contributed by atoms with Crippen molar-refractivity contribution in [3.05, 3.63) is 52.2 Å². The van der Waals surface area contributed by atoms with Gasteiger partial charge in [-0.15, -0.1) is 0 Å². The van der Waals surface area contributed by atoms with E-state index in [9.17, 15) is 9.18 Å². The second kappa shape index (κ2) is 6.11. The van der Waals surface area contributed by atoms with E-state index in [-0.39, 0.29) is 11.7 Å². The highest BCUT2D eigenvalue weighted by molar-refractivity contribution is 5.93. The Morgan fingerprint density at radius 2 is 2.08 bits per heavy atom. The van der Waals surface area contributed by atoms with Gasteiger partial charge in [-0.1, -0.05) is 6.07 Å². The van der Waals surface area contributed by atoms with Crippen molar-refractivity contribution in [2.24, 2.45) is 7.05 Å². The number of hydrogen-bond donors (Lipinski definition) is 2. The molecule has 2 N–H and O–H groups in total. The van der Waals surface area contributed by atoms with Crippen LogP contribution in [0.1, 0.15) is 33.0 Å². The molecule has 0 saturated carbocycles. The van der Waals surface area contributed by atoms with Crippen molar-refractivity contribution in [1.82, 2.24) is 20.1 Å². The van der Waals surface area contributed by atoms with Crippen LogP contribution in [0, 0.1) is 26.6 Å². The third-order valence-electron chi connectivity index (χ3n) is 4.32. The number of aromatic nitrogens is 3. The molecule has 0 aliphatic rings. The lowest BCUT2D eigenvalue weighted by Crippen LogP contribution is -2.27. The fourth-order valence-electron chi connectivity index (χ4n) is 3.17. The number of benzene rings is 1. The van der Waals surface area contributed by atoms with Crippen molar-refractivity contribution in [3.63, 3.8) is 0 Å². The summed E-state index contributed by atoms with van der Waals surface area (Å²) in [6.07, 6.45) is 0.638. The number of carbonyl (C=O) groups excluding carboxylic acids is 1. The van der Waals surface area contributed by atoms with Crippen LogP contribution in [0.2, 0.25) is 0 Å². The van der Waals surface area contributed by atoms with Gasteiger partial charge in [-0.3, -0.25) is 9.48 Å². The van der Waals surface area contributed by atoms with Crippen molar-refractivity contribution >= 4 is 16.8 Å². The molecule has 2 heterocycles. The van der Waals surface area contributed by atoms with Gasteiger partial charge in [-0.25, -0.2) is 4.39 Å². The average molecular weight is 328 g/mol. The molecule has 0 fully saturated rings. The minimum atomic E-state index is -0.251. The number of fused-ring (bicyclic) bond motifs is 1. The zero-order valence-corrected chi connectivity index (χ0v) is 14.3. The molecule has 0 spiro atoms. The summed E-state index contributed by atoms with van der Waals surface area (Å²) in [5.41, 5.74) is 4.88. The predicted octanol–water partition coefficient (Wildman–Crippen LogP) is 2.94. The quantitative estimate of drug-likeness (QED) is 0.773. The summed E-state index contributed by atoms with van der Waals surface area (Å²) in [6, 6.07) is 5.02. The Labute approximate surface area is 139 Å². The zero-order valence-electron chi connectivity index (χ0n) is 14.3. The van der Waals surface area contributed by atoms with E-state index in [0.29, 0.717) is 24.2 Å². The molecule has 3 rings (SSSR count). The molecule has 1 aromatic carbocycles. The topological polar surface area (TPSA) is 62.7 Å². The maximum absolute atomic E-state index is 14.0. The monoisotopic (exact) mass is 328 g/mol. The van der Waals surface area contributed by atoms with Gasteiger partial charge in [-0.2, -0.15) is 5.10 Å². The van der Waals surface area contributed by atoms with Crippen LogP contribution in [0.15, 0.2) is 18.2 Å². The van der Waals surface area contributed by atoms with Gasteiger partial charge in [0, 0.05) is 24.7 Å². The molecule has 0 radical (unpaired) electrons. The first kappa shape index (κ1) is 16.2. The summed E-state index contributed by atoms with van der Waals surface area (Å²) in [4.78, 5) is 15.4. The smallest absolute Gasteiger partial charge is 0.269 e. The Balaban J connectivity index is 1.77. The number of aryl methyl sites for hydroxylation is 4. The van der Waals surface area contributed by atoms with Crippen molar-refractivity contribution < 1.29 is 9.18 Å².